The van der Waals surface area contributed by atoms with Crippen LogP contribution < -0.4 is 11.5 Å². The lowest BCUT2D eigenvalue weighted by atomic mass is 10.1. The predicted octanol–water partition coefficient (Wildman–Crippen LogP) is 1.86. The normalized spacial score (nSPS) is 10.5. The van der Waals surface area contributed by atoms with Crippen molar-refractivity contribution in [2.45, 2.75) is 38.1 Å². The lowest BCUT2D eigenvalue weighted by Gasteiger charge is -2.01. The fourth-order valence-corrected chi connectivity index (χ4v) is 2.13. The summed E-state index contributed by atoms with van der Waals surface area (Å²) in [4.78, 5) is 30.1. The Morgan fingerprint density at radius 3 is 1.74 bits per heavy atom. The average Bonchev–Trinajstić information content (AvgIpc) is 2.73. The number of aliphatic carboxylic acids is 3. The smallest absolute Gasteiger partial charge is 0.320 e. The maximum absolute atomic E-state index is 10.2. The average molecular weight is 434 g/mol. The van der Waals surface area contributed by atoms with Crippen LogP contribution in [0.1, 0.15) is 30.4 Å². The quantitative estimate of drug-likeness (QED) is 0.343. The van der Waals surface area contributed by atoms with Gasteiger partial charge in [0.25, 0.3) is 0 Å². The highest BCUT2D eigenvalue weighted by molar-refractivity contribution is 5.74. The van der Waals surface area contributed by atoms with E-state index in [-0.39, 0.29) is 25.0 Å². The van der Waals surface area contributed by atoms with Crippen LogP contribution in [0.5, 0.6) is 5.75 Å². The molecule has 0 radical (unpaired) electrons. The molecule has 1 atom stereocenters. The molecule has 170 valence electrons. The van der Waals surface area contributed by atoms with Gasteiger partial charge in [-0.3, -0.25) is 14.4 Å². The zero-order valence-corrected chi connectivity index (χ0v) is 17.2. The number of carboxylic acid groups (broad SMARTS) is 3. The van der Waals surface area contributed by atoms with E-state index in [9.17, 15) is 14.4 Å². The molecule has 0 amide bonds. The van der Waals surface area contributed by atoms with Gasteiger partial charge in [-0.25, -0.2) is 0 Å². The summed E-state index contributed by atoms with van der Waals surface area (Å²) in [7, 11) is 0. The molecule has 2 aromatic rings. The van der Waals surface area contributed by atoms with Crippen molar-refractivity contribution in [3.63, 3.8) is 0 Å². The first kappa shape index (κ1) is 27.6. The van der Waals surface area contributed by atoms with E-state index in [4.69, 9.17) is 31.9 Å². The summed E-state index contributed by atoms with van der Waals surface area (Å²) in [5.41, 5.74) is 12.6. The summed E-state index contributed by atoms with van der Waals surface area (Å²) >= 11 is 0. The topological polar surface area (TPSA) is 184 Å². The predicted molar refractivity (Wildman–Crippen MR) is 116 cm³/mol. The fourth-order valence-electron chi connectivity index (χ4n) is 2.13. The van der Waals surface area contributed by atoms with Gasteiger partial charge in [-0.1, -0.05) is 42.5 Å². The van der Waals surface area contributed by atoms with Crippen LogP contribution in [0.25, 0.3) is 0 Å². The number of benzene rings is 2. The Morgan fingerprint density at radius 1 is 0.774 bits per heavy atom. The zero-order valence-electron chi connectivity index (χ0n) is 17.2. The molecule has 9 nitrogen and oxygen atoms in total. The van der Waals surface area contributed by atoms with Crippen LogP contribution >= 0.6 is 0 Å². The van der Waals surface area contributed by atoms with Gasteiger partial charge in [0.2, 0.25) is 0 Å². The summed E-state index contributed by atoms with van der Waals surface area (Å²) in [6.45, 7) is 0.740. The molecule has 8 N–H and O–H groups in total. The van der Waals surface area contributed by atoms with Crippen molar-refractivity contribution in [3.05, 3.63) is 65.7 Å². The van der Waals surface area contributed by atoms with Crippen molar-refractivity contribution >= 4 is 17.9 Å². The minimum absolute atomic E-state index is 0.0231. The number of phenols is 1. The molecule has 0 heterocycles. The van der Waals surface area contributed by atoms with Gasteiger partial charge in [-0.15, -0.1) is 0 Å². The number of phenolic OH excluding ortho intramolecular Hbond substituents is 1. The highest BCUT2D eigenvalue weighted by Crippen LogP contribution is 2.10. The molecule has 9 heteroatoms. The third-order valence-electron chi connectivity index (χ3n) is 3.83. The molecular weight excluding hydrogens is 404 g/mol. The Morgan fingerprint density at radius 2 is 1.29 bits per heavy atom. The van der Waals surface area contributed by atoms with E-state index >= 15 is 0 Å². The van der Waals surface area contributed by atoms with E-state index in [1.807, 2.05) is 18.2 Å². The van der Waals surface area contributed by atoms with Crippen LogP contribution in [0.4, 0.5) is 0 Å². The molecule has 0 spiro atoms. The van der Waals surface area contributed by atoms with Gasteiger partial charge in [0.15, 0.2) is 0 Å². The number of aromatic hydroxyl groups is 1. The third kappa shape index (κ3) is 16.1. The molecule has 0 aromatic heterocycles. The number of carboxylic acids is 3. The van der Waals surface area contributed by atoms with Gasteiger partial charge in [-0.05, 0) is 49.1 Å². The molecule has 2 aromatic carbocycles. The molecule has 0 fully saturated rings. The lowest BCUT2D eigenvalue weighted by molar-refractivity contribution is -0.140. The molecule has 0 saturated carbocycles. The van der Waals surface area contributed by atoms with E-state index < -0.39 is 23.9 Å². The van der Waals surface area contributed by atoms with E-state index in [0.717, 1.165) is 18.5 Å². The van der Waals surface area contributed by atoms with Crippen LogP contribution in [0.3, 0.4) is 0 Å². The molecule has 0 unspecified atom stereocenters. The van der Waals surface area contributed by atoms with Crippen molar-refractivity contribution < 1.29 is 34.8 Å². The SMILES string of the molecule is NCCc1ccccc1.N[C@@H](CCC(=O)O)C(=O)O.O=C(O)CCc1ccc(O)cc1. The van der Waals surface area contributed by atoms with Crippen molar-refractivity contribution in [1.82, 2.24) is 0 Å². The number of hydrogen-bond acceptors (Lipinski definition) is 6. The van der Waals surface area contributed by atoms with Gasteiger partial charge < -0.3 is 31.9 Å². The van der Waals surface area contributed by atoms with Crippen LogP contribution in [0.15, 0.2) is 54.6 Å². The molecule has 0 saturated heterocycles. The van der Waals surface area contributed by atoms with E-state index in [0.29, 0.717) is 6.42 Å². The fraction of sp³-hybridized carbons (Fsp3) is 0.318. The monoisotopic (exact) mass is 434 g/mol. The molecule has 2 rings (SSSR count). The number of hydrogen-bond donors (Lipinski definition) is 6. The largest absolute Gasteiger partial charge is 0.508 e. The van der Waals surface area contributed by atoms with Crippen molar-refractivity contribution in [2.24, 2.45) is 11.5 Å². The Kier molecular flexibility index (Phi) is 14.6. The Hall–Kier alpha value is -3.43. The highest BCUT2D eigenvalue weighted by Gasteiger charge is 2.12. The molecule has 0 bridgehead atoms. The lowest BCUT2D eigenvalue weighted by Crippen LogP contribution is -2.30. The van der Waals surface area contributed by atoms with Gasteiger partial charge in [0.05, 0.1) is 0 Å². The minimum atomic E-state index is -1.17. The minimum Gasteiger partial charge on any atom is -0.508 e. The molecule has 0 aliphatic heterocycles. The summed E-state index contributed by atoms with van der Waals surface area (Å²) in [5.74, 6) is -2.80. The van der Waals surface area contributed by atoms with Crippen LogP contribution in [0, 0.1) is 0 Å². The summed E-state index contributed by atoms with van der Waals surface area (Å²) in [6.07, 6.45) is 1.40. The van der Waals surface area contributed by atoms with Crippen molar-refractivity contribution in [1.29, 1.82) is 0 Å². The number of carbonyl (C=O) groups is 3. The summed E-state index contributed by atoms with van der Waals surface area (Å²) < 4.78 is 0. The van der Waals surface area contributed by atoms with E-state index in [2.05, 4.69) is 12.1 Å². The second-order valence-electron chi connectivity index (χ2n) is 6.46. The van der Waals surface area contributed by atoms with Gasteiger partial charge in [0.1, 0.15) is 11.8 Å². The Labute approximate surface area is 180 Å². The summed E-state index contributed by atoms with van der Waals surface area (Å²) in [5, 5.41) is 33.6. The van der Waals surface area contributed by atoms with Crippen LogP contribution in [0.2, 0.25) is 0 Å². The number of aryl methyl sites for hydroxylation is 1. The van der Waals surface area contributed by atoms with Crippen LogP contribution in [-0.4, -0.2) is 50.9 Å². The van der Waals surface area contributed by atoms with E-state index in [1.165, 1.54) is 5.56 Å². The second-order valence-corrected chi connectivity index (χ2v) is 6.46. The molecule has 0 aliphatic rings. The maximum Gasteiger partial charge on any atom is 0.320 e. The summed E-state index contributed by atoms with van der Waals surface area (Å²) in [6, 6.07) is 15.7. The van der Waals surface area contributed by atoms with E-state index in [1.54, 1.807) is 24.3 Å². The zero-order chi connectivity index (χ0) is 23.6. The van der Waals surface area contributed by atoms with Crippen LogP contribution in [-0.2, 0) is 27.2 Å². The first-order chi connectivity index (χ1) is 14.6. The first-order valence-corrected chi connectivity index (χ1v) is 9.59. The van der Waals surface area contributed by atoms with Gasteiger partial charge in [0, 0.05) is 12.8 Å². The second kappa shape index (κ2) is 16.4. The Balaban J connectivity index is 0.000000441. The molecule has 31 heavy (non-hydrogen) atoms. The highest BCUT2D eigenvalue weighted by atomic mass is 16.4. The van der Waals surface area contributed by atoms with Crippen molar-refractivity contribution in [3.8, 4) is 5.75 Å². The first-order valence-electron chi connectivity index (χ1n) is 9.59. The van der Waals surface area contributed by atoms with Gasteiger partial charge in [-0.2, -0.15) is 0 Å². The maximum atomic E-state index is 10.2. The van der Waals surface area contributed by atoms with Crippen molar-refractivity contribution in [2.75, 3.05) is 6.54 Å². The number of nitrogens with two attached hydrogens (primary N) is 2. The molecular formula is C22H30N2O7. The standard InChI is InChI=1S/C9H10O3.C8H11N.C5H9NO4/c10-8-4-1-7(2-5-8)3-6-9(11)12;9-7-6-8-4-2-1-3-5-8;6-3(5(9)10)1-2-4(7)8/h1-2,4-5,10H,3,6H2,(H,11,12);1-5H,6-7,9H2;3H,1-2,6H2,(H,7,8)(H,9,10)/t;;3-/m..0/s1. The third-order valence-corrected chi connectivity index (χ3v) is 3.83. The molecule has 0 aliphatic carbocycles. The number of rotatable bonds is 9. The Bertz CT molecular complexity index is 780. The van der Waals surface area contributed by atoms with Gasteiger partial charge >= 0.3 is 17.9 Å².